The monoisotopic (exact) mass is 277 g/mol. The number of benzene rings is 1. The van der Waals surface area contributed by atoms with Gasteiger partial charge in [-0.05, 0) is 12.1 Å². The number of carboxylic acid groups (broad SMARTS) is 1. The third kappa shape index (κ3) is 1.76. The first-order chi connectivity index (χ1) is 9.54. The molecule has 5 nitrogen and oxygen atoms in total. The van der Waals surface area contributed by atoms with Crippen molar-refractivity contribution in [1.29, 1.82) is 0 Å². The standard InChI is InChI=1S/C14H12FNO4/c1-20-11-4-2-3-7-12(11)16(10-5-9(10)15)6-8(13(7)17)14(18)19/h2-4,6,9-10H,5H2,1H3,(H,18,19)/t9-,10-/m0/s1. The first kappa shape index (κ1) is 12.7. The first-order valence-corrected chi connectivity index (χ1v) is 6.13. The third-order valence-electron chi connectivity index (χ3n) is 3.50. The predicted octanol–water partition coefficient (Wildman–Crippen LogP) is 1.99. The summed E-state index contributed by atoms with van der Waals surface area (Å²) in [5.41, 5.74) is -0.501. The van der Waals surface area contributed by atoms with Crippen LogP contribution in [-0.2, 0) is 0 Å². The van der Waals surface area contributed by atoms with Crippen LogP contribution < -0.4 is 10.2 Å². The van der Waals surface area contributed by atoms with E-state index in [9.17, 15) is 14.0 Å². The van der Waals surface area contributed by atoms with E-state index in [0.29, 0.717) is 17.7 Å². The smallest absolute Gasteiger partial charge is 0.341 e. The van der Waals surface area contributed by atoms with Crippen LogP contribution in [0.2, 0.25) is 0 Å². The number of alkyl halides is 1. The molecule has 0 amide bonds. The second-order valence-corrected chi connectivity index (χ2v) is 4.76. The number of fused-ring (bicyclic) bond motifs is 1. The number of para-hydroxylation sites is 1. The van der Waals surface area contributed by atoms with E-state index in [0.717, 1.165) is 0 Å². The van der Waals surface area contributed by atoms with Crippen LogP contribution in [0.25, 0.3) is 10.9 Å². The molecule has 0 radical (unpaired) electrons. The van der Waals surface area contributed by atoms with Crippen LogP contribution in [0.4, 0.5) is 4.39 Å². The molecule has 1 N–H and O–H groups in total. The largest absolute Gasteiger partial charge is 0.495 e. The van der Waals surface area contributed by atoms with Gasteiger partial charge in [0.05, 0.1) is 24.1 Å². The summed E-state index contributed by atoms with van der Waals surface area (Å²) in [5, 5.41) is 9.33. The van der Waals surface area contributed by atoms with E-state index in [2.05, 4.69) is 0 Å². The molecule has 0 bridgehead atoms. The fourth-order valence-electron chi connectivity index (χ4n) is 2.40. The summed E-state index contributed by atoms with van der Waals surface area (Å²) in [6, 6.07) is 4.36. The van der Waals surface area contributed by atoms with E-state index in [-0.39, 0.29) is 10.9 Å². The van der Waals surface area contributed by atoms with Crippen molar-refractivity contribution in [3.05, 3.63) is 40.2 Å². The van der Waals surface area contributed by atoms with Gasteiger partial charge in [0.1, 0.15) is 17.5 Å². The number of aromatic carboxylic acids is 1. The van der Waals surface area contributed by atoms with E-state index < -0.39 is 23.6 Å². The summed E-state index contributed by atoms with van der Waals surface area (Å²) in [6.45, 7) is 0. The summed E-state index contributed by atoms with van der Waals surface area (Å²) in [7, 11) is 1.45. The highest BCUT2D eigenvalue weighted by atomic mass is 19.1. The minimum atomic E-state index is -1.32. The van der Waals surface area contributed by atoms with Gasteiger partial charge in [-0.2, -0.15) is 0 Å². The number of methoxy groups -OCH3 is 1. The highest BCUT2D eigenvalue weighted by molar-refractivity contribution is 5.94. The van der Waals surface area contributed by atoms with Gasteiger partial charge in [0.2, 0.25) is 5.43 Å². The van der Waals surface area contributed by atoms with E-state index in [4.69, 9.17) is 9.84 Å². The number of carbonyl (C=O) groups is 1. The number of halogens is 1. The van der Waals surface area contributed by atoms with Gasteiger partial charge >= 0.3 is 5.97 Å². The minimum absolute atomic E-state index is 0.225. The maximum atomic E-state index is 13.4. The van der Waals surface area contributed by atoms with Gasteiger partial charge in [-0.1, -0.05) is 6.07 Å². The molecule has 20 heavy (non-hydrogen) atoms. The number of hydrogen-bond acceptors (Lipinski definition) is 3. The van der Waals surface area contributed by atoms with Gasteiger partial charge in [-0.25, -0.2) is 9.18 Å². The number of hydrogen-bond donors (Lipinski definition) is 1. The Morgan fingerprint density at radius 1 is 1.50 bits per heavy atom. The maximum Gasteiger partial charge on any atom is 0.341 e. The molecule has 0 saturated heterocycles. The average Bonchev–Trinajstić information content (AvgIpc) is 3.15. The first-order valence-electron chi connectivity index (χ1n) is 6.13. The molecule has 0 unspecified atom stereocenters. The van der Waals surface area contributed by atoms with E-state index in [1.54, 1.807) is 12.1 Å². The molecule has 1 aromatic carbocycles. The minimum Gasteiger partial charge on any atom is -0.495 e. The molecule has 1 aliphatic rings. The second kappa shape index (κ2) is 4.33. The maximum absolute atomic E-state index is 13.4. The zero-order valence-electron chi connectivity index (χ0n) is 10.7. The van der Waals surface area contributed by atoms with Crippen molar-refractivity contribution < 1.29 is 19.0 Å². The Morgan fingerprint density at radius 2 is 2.20 bits per heavy atom. The highest BCUT2D eigenvalue weighted by Crippen LogP contribution is 2.42. The molecule has 0 aliphatic heterocycles. The third-order valence-corrected chi connectivity index (χ3v) is 3.50. The lowest BCUT2D eigenvalue weighted by molar-refractivity contribution is 0.0694. The van der Waals surface area contributed by atoms with Crippen molar-refractivity contribution in [3.8, 4) is 5.75 Å². The number of carboxylic acids is 1. The van der Waals surface area contributed by atoms with Crippen molar-refractivity contribution in [1.82, 2.24) is 4.57 Å². The van der Waals surface area contributed by atoms with Crippen molar-refractivity contribution in [2.24, 2.45) is 0 Å². The molecule has 1 aliphatic carbocycles. The van der Waals surface area contributed by atoms with E-state index >= 15 is 0 Å². The molecule has 1 fully saturated rings. The number of ether oxygens (including phenoxy) is 1. The summed E-state index contributed by atoms with van der Waals surface area (Å²) in [6.07, 6.45) is 0.502. The topological polar surface area (TPSA) is 68.5 Å². The van der Waals surface area contributed by atoms with Crippen LogP contribution >= 0.6 is 0 Å². The predicted molar refractivity (Wildman–Crippen MR) is 70.3 cm³/mol. The SMILES string of the molecule is COc1cccc2c(=O)c(C(=O)O)cn([C@H]3C[C@@H]3F)c12. The Bertz CT molecular complexity index is 768. The van der Waals surface area contributed by atoms with Gasteiger partial charge in [0.25, 0.3) is 0 Å². The summed E-state index contributed by atoms with van der Waals surface area (Å²) in [4.78, 5) is 23.3. The molecule has 2 aromatic rings. The molecular formula is C14H12FNO4. The van der Waals surface area contributed by atoms with Gasteiger partial charge in [0, 0.05) is 12.6 Å². The number of pyridine rings is 1. The lowest BCUT2D eigenvalue weighted by Gasteiger charge is -2.14. The average molecular weight is 277 g/mol. The number of aromatic nitrogens is 1. The van der Waals surface area contributed by atoms with Gasteiger partial charge in [-0.3, -0.25) is 4.79 Å². The molecule has 1 heterocycles. The Kier molecular flexibility index (Phi) is 2.74. The fraction of sp³-hybridized carbons (Fsp3) is 0.286. The molecule has 2 atom stereocenters. The van der Waals surface area contributed by atoms with Crippen LogP contribution in [0.3, 0.4) is 0 Å². The summed E-state index contributed by atoms with van der Waals surface area (Å²) < 4.78 is 20.1. The lowest BCUT2D eigenvalue weighted by atomic mass is 10.1. The van der Waals surface area contributed by atoms with Crippen LogP contribution in [0, 0.1) is 0 Å². The Balaban J connectivity index is 2.42. The lowest BCUT2D eigenvalue weighted by Crippen LogP contribution is -2.19. The Hall–Kier alpha value is -2.37. The molecule has 1 aromatic heterocycles. The van der Waals surface area contributed by atoms with Gasteiger partial charge < -0.3 is 14.4 Å². The molecule has 6 heteroatoms. The van der Waals surface area contributed by atoms with Crippen LogP contribution in [0.15, 0.2) is 29.2 Å². The number of nitrogens with zero attached hydrogens (tertiary/aromatic N) is 1. The number of rotatable bonds is 3. The summed E-state index contributed by atoms with van der Waals surface area (Å²) >= 11 is 0. The van der Waals surface area contributed by atoms with Gasteiger partial charge in [0.15, 0.2) is 0 Å². The highest BCUT2D eigenvalue weighted by Gasteiger charge is 2.40. The fourth-order valence-corrected chi connectivity index (χ4v) is 2.40. The zero-order valence-corrected chi connectivity index (χ0v) is 10.7. The molecule has 1 saturated carbocycles. The van der Waals surface area contributed by atoms with Crippen molar-refractivity contribution >= 4 is 16.9 Å². The molecule has 0 spiro atoms. The summed E-state index contributed by atoms with van der Waals surface area (Å²) in [5.74, 6) is -0.889. The van der Waals surface area contributed by atoms with Crippen LogP contribution in [-0.4, -0.2) is 28.9 Å². The molecule has 3 rings (SSSR count). The molecular weight excluding hydrogens is 265 g/mol. The Labute approximate surface area is 113 Å². The van der Waals surface area contributed by atoms with Crippen molar-refractivity contribution in [2.45, 2.75) is 18.6 Å². The van der Waals surface area contributed by atoms with Gasteiger partial charge in [-0.15, -0.1) is 0 Å². The van der Waals surface area contributed by atoms with E-state index in [1.807, 2.05) is 0 Å². The van der Waals surface area contributed by atoms with Crippen LogP contribution in [0.5, 0.6) is 5.75 Å². The normalized spacial score (nSPS) is 20.9. The second-order valence-electron chi connectivity index (χ2n) is 4.76. The Morgan fingerprint density at radius 3 is 2.75 bits per heavy atom. The van der Waals surface area contributed by atoms with E-state index in [1.165, 1.54) is 23.9 Å². The quantitative estimate of drug-likeness (QED) is 0.931. The zero-order chi connectivity index (χ0) is 14.4. The van der Waals surface area contributed by atoms with Crippen LogP contribution in [0.1, 0.15) is 22.8 Å². The van der Waals surface area contributed by atoms with Crippen molar-refractivity contribution in [2.75, 3.05) is 7.11 Å². The molecule has 104 valence electrons. The van der Waals surface area contributed by atoms with Crippen molar-refractivity contribution in [3.63, 3.8) is 0 Å².